The fraction of sp³-hybridized carbons (Fsp3) is 0.136. The van der Waals surface area contributed by atoms with Crippen molar-refractivity contribution in [1.29, 1.82) is 0 Å². The fourth-order valence-corrected chi connectivity index (χ4v) is 2.92. The molecule has 1 amide bonds. The van der Waals surface area contributed by atoms with E-state index in [-0.39, 0.29) is 12.5 Å². The molecule has 3 rings (SSSR count). The molecule has 0 unspecified atom stereocenters. The lowest BCUT2D eigenvalue weighted by atomic mass is 10.0. The maximum Gasteiger partial charge on any atom is 0.243 e. The molecule has 3 aromatic rings. The Bertz CT molecular complexity index is 852. The fourth-order valence-electron chi connectivity index (χ4n) is 2.92. The Hall–Kier alpha value is -3.07. The highest BCUT2D eigenvalue weighted by atomic mass is 16.1. The van der Waals surface area contributed by atoms with Crippen molar-refractivity contribution in [3.8, 4) is 11.1 Å². The Morgan fingerprint density at radius 1 is 0.840 bits per heavy atom. The van der Waals surface area contributed by atoms with Crippen LogP contribution in [0.5, 0.6) is 0 Å². The molecule has 0 aliphatic heterocycles. The van der Waals surface area contributed by atoms with E-state index in [0.29, 0.717) is 0 Å². The lowest BCUT2D eigenvalue weighted by Crippen LogP contribution is -2.22. The molecule has 0 aliphatic rings. The molecule has 0 saturated heterocycles. The van der Waals surface area contributed by atoms with Crippen LogP contribution in [-0.4, -0.2) is 12.5 Å². The van der Waals surface area contributed by atoms with Gasteiger partial charge in [-0.05, 0) is 48.7 Å². The summed E-state index contributed by atoms with van der Waals surface area (Å²) in [6, 6.07) is 24.1. The third-order valence-electron chi connectivity index (χ3n) is 3.96. The zero-order valence-corrected chi connectivity index (χ0v) is 14.5. The third-order valence-corrected chi connectivity index (χ3v) is 3.96. The number of nitrogens with one attached hydrogen (secondary N) is 2. The summed E-state index contributed by atoms with van der Waals surface area (Å²) >= 11 is 0. The van der Waals surface area contributed by atoms with Crippen LogP contribution in [0, 0.1) is 13.8 Å². The highest BCUT2D eigenvalue weighted by Gasteiger charge is 2.08. The van der Waals surface area contributed by atoms with Gasteiger partial charge in [-0.1, -0.05) is 54.6 Å². The first kappa shape index (κ1) is 16.8. The Morgan fingerprint density at radius 3 is 2.20 bits per heavy atom. The highest BCUT2D eigenvalue weighted by molar-refractivity contribution is 5.97. The van der Waals surface area contributed by atoms with Gasteiger partial charge in [0.1, 0.15) is 0 Å². The molecule has 3 heteroatoms. The van der Waals surface area contributed by atoms with Gasteiger partial charge in [-0.3, -0.25) is 4.79 Å². The van der Waals surface area contributed by atoms with Gasteiger partial charge >= 0.3 is 0 Å². The van der Waals surface area contributed by atoms with E-state index in [1.165, 1.54) is 11.1 Å². The van der Waals surface area contributed by atoms with Crippen molar-refractivity contribution in [1.82, 2.24) is 0 Å². The minimum atomic E-state index is -0.0671. The number of hydrogen-bond acceptors (Lipinski definition) is 2. The van der Waals surface area contributed by atoms with Crippen LogP contribution in [-0.2, 0) is 4.79 Å². The summed E-state index contributed by atoms with van der Waals surface area (Å²) in [7, 11) is 0. The third kappa shape index (κ3) is 4.48. The van der Waals surface area contributed by atoms with E-state index in [0.717, 1.165) is 22.5 Å². The van der Waals surface area contributed by atoms with Crippen LogP contribution in [0.3, 0.4) is 0 Å². The second-order valence-corrected chi connectivity index (χ2v) is 6.19. The van der Waals surface area contributed by atoms with Crippen LogP contribution < -0.4 is 10.6 Å². The van der Waals surface area contributed by atoms with Crippen molar-refractivity contribution < 1.29 is 4.79 Å². The Kier molecular flexibility index (Phi) is 5.14. The molecule has 2 N–H and O–H groups in total. The van der Waals surface area contributed by atoms with Crippen LogP contribution in [0.15, 0.2) is 72.8 Å². The molecule has 0 aromatic heterocycles. The highest BCUT2D eigenvalue weighted by Crippen LogP contribution is 2.27. The average molecular weight is 330 g/mol. The number of para-hydroxylation sites is 1. The summed E-state index contributed by atoms with van der Waals surface area (Å²) in [6.07, 6.45) is 0. The zero-order chi connectivity index (χ0) is 17.6. The topological polar surface area (TPSA) is 41.1 Å². The molecular weight excluding hydrogens is 308 g/mol. The van der Waals surface area contributed by atoms with Gasteiger partial charge in [-0.2, -0.15) is 0 Å². The minimum absolute atomic E-state index is 0.0671. The second-order valence-electron chi connectivity index (χ2n) is 6.19. The molecule has 126 valence electrons. The first-order valence-electron chi connectivity index (χ1n) is 8.38. The summed E-state index contributed by atoms with van der Waals surface area (Å²) in [6.45, 7) is 4.33. The summed E-state index contributed by atoms with van der Waals surface area (Å²) in [4.78, 5) is 12.4. The Morgan fingerprint density at radius 2 is 1.48 bits per heavy atom. The SMILES string of the molecule is Cc1cc(C)cc(NCC(=O)Nc2ccccc2-c2ccccc2)c1. The van der Waals surface area contributed by atoms with E-state index in [9.17, 15) is 4.79 Å². The first-order chi connectivity index (χ1) is 12.1. The standard InChI is InChI=1S/C22H22N2O/c1-16-12-17(2)14-19(13-16)23-15-22(25)24-21-11-7-6-10-20(21)18-8-4-3-5-9-18/h3-14,23H,15H2,1-2H3,(H,24,25). The summed E-state index contributed by atoms with van der Waals surface area (Å²) < 4.78 is 0. The quantitative estimate of drug-likeness (QED) is 0.689. The second kappa shape index (κ2) is 7.67. The van der Waals surface area contributed by atoms with E-state index in [1.807, 2.05) is 80.6 Å². The summed E-state index contributed by atoms with van der Waals surface area (Å²) in [5, 5.41) is 6.20. The smallest absolute Gasteiger partial charge is 0.243 e. The van der Waals surface area contributed by atoms with E-state index >= 15 is 0 Å². The minimum Gasteiger partial charge on any atom is -0.376 e. The molecule has 0 radical (unpaired) electrons. The van der Waals surface area contributed by atoms with Crippen molar-refractivity contribution in [2.24, 2.45) is 0 Å². The molecule has 0 aliphatic carbocycles. The number of amides is 1. The molecule has 0 bridgehead atoms. The van der Waals surface area contributed by atoms with Gasteiger partial charge in [-0.15, -0.1) is 0 Å². The normalized spacial score (nSPS) is 10.3. The van der Waals surface area contributed by atoms with Crippen molar-refractivity contribution in [3.05, 3.63) is 83.9 Å². The Labute approximate surface area is 148 Å². The van der Waals surface area contributed by atoms with Crippen molar-refractivity contribution in [3.63, 3.8) is 0 Å². The monoisotopic (exact) mass is 330 g/mol. The van der Waals surface area contributed by atoms with Gasteiger partial charge in [0.05, 0.1) is 6.54 Å². The number of rotatable bonds is 5. The number of carbonyl (C=O) groups excluding carboxylic acids is 1. The van der Waals surface area contributed by atoms with Crippen molar-refractivity contribution in [2.75, 3.05) is 17.2 Å². The van der Waals surface area contributed by atoms with E-state index in [2.05, 4.69) is 16.7 Å². The molecule has 0 spiro atoms. The van der Waals surface area contributed by atoms with Crippen molar-refractivity contribution in [2.45, 2.75) is 13.8 Å². The maximum atomic E-state index is 12.4. The largest absolute Gasteiger partial charge is 0.376 e. The van der Waals surface area contributed by atoms with Crippen LogP contribution in [0.25, 0.3) is 11.1 Å². The molecular formula is C22H22N2O. The molecule has 3 aromatic carbocycles. The lowest BCUT2D eigenvalue weighted by molar-refractivity contribution is -0.114. The predicted octanol–water partition coefficient (Wildman–Crippen LogP) is 5.02. The number of aryl methyl sites for hydroxylation is 2. The van der Waals surface area contributed by atoms with Crippen LogP contribution in [0.2, 0.25) is 0 Å². The van der Waals surface area contributed by atoms with Gasteiger partial charge < -0.3 is 10.6 Å². The van der Waals surface area contributed by atoms with Crippen LogP contribution in [0.4, 0.5) is 11.4 Å². The van der Waals surface area contributed by atoms with Crippen LogP contribution in [0.1, 0.15) is 11.1 Å². The van der Waals surface area contributed by atoms with Crippen molar-refractivity contribution >= 4 is 17.3 Å². The molecule has 0 heterocycles. The first-order valence-corrected chi connectivity index (χ1v) is 8.38. The van der Waals surface area contributed by atoms with Gasteiger partial charge in [0.15, 0.2) is 0 Å². The number of hydrogen-bond donors (Lipinski definition) is 2. The summed E-state index contributed by atoms with van der Waals surface area (Å²) in [5.41, 5.74) is 6.24. The summed E-state index contributed by atoms with van der Waals surface area (Å²) in [5.74, 6) is -0.0671. The lowest BCUT2D eigenvalue weighted by Gasteiger charge is -2.13. The van der Waals surface area contributed by atoms with E-state index in [4.69, 9.17) is 0 Å². The van der Waals surface area contributed by atoms with E-state index in [1.54, 1.807) is 0 Å². The van der Waals surface area contributed by atoms with Gasteiger partial charge in [-0.25, -0.2) is 0 Å². The maximum absolute atomic E-state index is 12.4. The average Bonchev–Trinajstić information content (AvgIpc) is 2.60. The Balaban J connectivity index is 1.69. The molecule has 0 atom stereocenters. The molecule has 0 saturated carbocycles. The molecule has 25 heavy (non-hydrogen) atoms. The zero-order valence-electron chi connectivity index (χ0n) is 14.5. The number of carbonyl (C=O) groups is 1. The number of benzene rings is 3. The van der Waals surface area contributed by atoms with Gasteiger partial charge in [0.25, 0.3) is 0 Å². The molecule has 3 nitrogen and oxygen atoms in total. The predicted molar refractivity (Wildman–Crippen MR) is 105 cm³/mol. The van der Waals surface area contributed by atoms with Gasteiger partial charge in [0, 0.05) is 16.9 Å². The van der Waals surface area contributed by atoms with Crippen LogP contribution >= 0.6 is 0 Å². The van der Waals surface area contributed by atoms with E-state index < -0.39 is 0 Å². The van der Waals surface area contributed by atoms with Gasteiger partial charge in [0.2, 0.25) is 5.91 Å². The molecule has 0 fully saturated rings. The number of anilines is 2.